The lowest BCUT2D eigenvalue weighted by atomic mass is 9.92. The van der Waals surface area contributed by atoms with Gasteiger partial charge < -0.3 is 15.4 Å². The van der Waals surface area contributed by atoms with Crippen LogP contribution in [0.3, 0.4) is 0 Å². The lowest BCUT2D eigenvalue weighted by molar-refractivity contribution is -0.115. The number of amides is 1. The predicted octanol–water partition coefficient (Wildman–Crippen LogP) is 2.96. The molecule has 6 nitrogen and oxygen atoms in total. The van der Waals surface area contributed by atoms with Crippen LogP contribution >= 0.6 is 0 Å². The minimum absolute atomic E-state index is 0.104. The highest BCUT2D eigenvalue weighted by Gasteiger charge is 2.22. The normalized spacial score (nSPS) is 11.6. The number of hydrogen-bond donors (Lipinski definition) is 2. The van der Waals surface area contributed by atoms with E-state index in [-0.39, 0.29) is 17.9 Å². The first kappa shape index (κ1) is 20.1. The van der Waals surface area contributed by atoms with Crippen LogP contribution in [0.5, 0.6) is 0 Å². The zero-order valence-electron chi connectivity index (χ0n) is 16.6. The first-order chi connectivity index (χ1) is 12.2. The van der Waals surface area contributed by atoms with Gasteiger partial charge in [-0.2, -0.15) is 5.10 Å². The molecule has 0 saturated heterocycles. The molecule has 0 unspecified atom stereocenters. The van der Waals surface area contributed by atoms with Gasteiger partial charge in [0.25, 0.3) is 0 Å². The molecule has 2 rings (SSSR count). The SMILES string of the molecule is COCCNCC(=O)Nc1cc(C(C)(C)C)nn1-c1ccc(C)cc1C. The average Bonchev–Trinajstić information content (AvgIpc) is 2.95. The van der Waals surface area contributed by atoms with Crippen LogP contribution in [0.25, 0.3) is 5.69 Å². The van der Waals surface area contributed by atoms with Gasteiger partial charge >= 0.3 is 0 Å². The molecule has 0 aliphatic carbocycles. The molecule has 1 aromatic heterocycles. The van der Waals surface area contributed by atoms with Crippen LogP contribution in [0.4, 0.5) is 5.82 Å². The van der Waals surface area contributed by atoms with Crippen molar-refractivity contribution in [3.63, 3.8) is 0 Å². The highest BCUT2D eigenvalue weighted by Crippen LogP contribution is 2.27. The highest BCUT2D eigenvalue weighted by molar-refractivity contribution is 5.91. The second-order valence-corrected chi connectivity index (χ2v) is 7.58. The molecule has 0 bridgehead atoms. The van der Waals surface area contributed by atoms with E-state index in [4.69, 9.17) is 9.84 Å². The number of nitrogens with one attached hydrogen (secondary N) is 2. The summed E-state index contributed by atoms with van der Waals surface area (Å²) in [6.45, 7) is 11.9. The van der Waals surface area contributed by atoms with Gasteiger partial charge in [0.1, 0.15) is 5.82 Å². The summed E-state index contributed by atoms with van der Waals surface area (Å²) >= 11 is 0. The maximum atomic E-state index is 12.3. The Kier molecular flexibility index (Phi) is 6.56. The second kappa shape index (κ2) is 8.47. The lowest BCUT2D eigenvalue weighted by Crippen LogP contribution is -2.30. The zero-order valence-corrected chi connectivity index (χ0v) is 16.6. The first-order valence-corrected chi connectivity index (χ1v) is 8.90. The predicted molar refractivity (Wildman–Crippen MR) is 105 cm³/mol. The van der Waals surface area contributed by atoms with E-state index in [1.165, 1.54) is 5.56 Å². The Morgan fingerprint density at radius 1 is 1.23 bits per heavy atom. The fraction of sp³-hybridized carbons (Fsp3) is 0.500. The minimum Gasteiger partial charge on any atom is -0.383 e. The van der Waals surface area contributed by atoms with Crippen LogP contribution in [0.1, 0.15) is 37.6 Å². The van der Waals surface area contributed by atoms with Gasteiger partial charge in [-0.05, 0) is 25.5 Å². The van der Waals surface area contributed by atoms with E-state index >= 15 is 0 Å². The number of hydrogen-bond acceptors (Lipinski definition) is 4. The van der Waals surface area contributed by atoms with Crippen LogP contribution < -0.4 is 10.6 Å². The topological polar surface area (TPSA) is 68.2 Å². The maximum absolute atomic E-state index is 12.3. The van der Waals surface area contributed by atoms with Crippen LogP contribution in [-0.4, -0.2) is 42.5 Å². The third kappa shape index (κ3) is 5.16. The molecule has 0 spiro atoms. The van der Waals surface area contributed by atoms with Gasteiger partial charge in [0.05, 0.1) is 24.5 Å². The Balaban J connectivity index is 2.29. The van der Waals surface area contributed by atoms with Gasteiger partial charge in [-0.1, -0.05) is 38.5 Å². The van der Waals surface area contributed by atoms with Crippen molar-refractivity contribution < 1.29 is 9.53 Å². The van der Waals surface area contributed by atoms with E-state index < -0.39 is 0 Å². The van der Waals surface area contributed by atoms with E-state index in [1.54, 1.807) is 7.11 Å². The number of ether oxygens (including phenoxy) is 1. The van der Waals surface area contributed by atoms with Crippen molar-refractivity contribution in [1.82, 2.24) is 15.1 Å². The number of aromatic nitrogens is 2. The molecule has 0 radical (unpaired) electrons. The second-order valence-electron chi connectivity index (χ2n) is 7.58. The van der Waals surface area contributed by atoms with Crippen molar-refractivity contribution in [2.75, 3.05) is 32.1 Å². The quantitative estimate of drug-likeness (QED) is 0.747. The monoisotopic (exact) mass is 358 g/mol. The minimum atomic E-state index is -0.111. The summed E-state index contributed by atoms with van der Waals surface area (Å²) in [6.07, 6.45) is 0. The lowest BCUT2D eigenvalue weighted by Gasteiger charge is -2.14. The Morgan fingerprint density at radius 3 is 2.58 bits per heavy atom. The Morgan fingerprint density at radius 2 is 1.96 bits per heavy atom. The van der Waals surface area contributed by atoms with Gasteiger partial charge in [0, 0.05) is 25.1 Å². The van der Waals surface area contributed by atoms with Crippen molar-refractivity contribution in [3.8, 4) is 5.69 Å². The number of rotatable bonds is 7. The first-order valence-electron chi connectivity index (χ1n) is 8.90. The molecular weight excluding hydrogens is 328 g/mol. The van der Waals surface area contributed by atoms with Gasteiger partial charge in [-0.3, -0.25) is 4.79 Å². The Bertz CT molecular complexity index is 760. The van der Waals surface area contributed by atoms with Crippen LogP contribution in [-0.2, 0) is 14.9 Å². The molecule has 6 heteroatoms. The molecular formula is C20H30N4O2. The fourth-order valence-electron chi connectivity index (χ4n) is 2.63. The van der Waals surface area contributed by atoms with E-state index in [0.717, 1.165) is 16.9 Å². The number of anilines is 1. The number of benzene rings is 1. The summed E-state index contributed by atoms with van der Waals surface area (Å²) < 4.78 is 6.80. The van der Waals surface area contributed by atoms with E-state index in [1.807, 2.05) is 16.8 Å². The van der Waals surface area contributed by atoms with Crippen molar-refractivity contribution in [2.45, 2.75) is 40.0 Å². The highest BCUT2D eigenvalue weighted by atomic mass is 16.5. The standard InChI is InChI=1S/C20H30N4O2/c1-14-7-8-16(15(2)11-14)24-18(12-17(23-24)20(3,4)5)22-19(25)13-21-9-10-26-6/h7-8,11-12,21H,9-10,13H2,1-6H3,(H,22,25). The van der Waals surface area contributed by atoms with E-state index in [0.29, 0.717) is 19.0 Å². The number of carbonyl (C=O) groups excluding carboxylic acids is 1. The molecule has 1 aromatic carbocycles. The van der Waals surface area contributed by atoms with Crippen molar-refractivity contribution in [1.29, 1.82) is 0 Å². The summed E-state index contributed by atoms with van der Waals surface area (Å²) in [5.74, 6) is 0.577. The van der Waals surface area contributed by atoms with Crippen molar-refractivity contribution in [2.24, 2.45) is 0 Å². The third-order valence-electron chi connectivity index (χ3n) is 4.09. The summed E-state index contributed by atoms with van der Waals surface area (Å²) in [5.41, 5.74) is 4.10. The molecule has 0 atom stereocenters. The number of methoxy groups -OCH3 is 1. The molecule has 2 N–H and O–H groups in total. The smallest absolute Gasteiger partial charge is 0.239 e. The van der Waals surface area contributed by atoms with Crippen molar-refractivity contribution >= 4 is 11.7 Å². The summed E-state index contributed by atoms with van der Waals surface area (Å²) in [4.78, 5) is 12.3. The third-order valence-corrected chi connectivity index (χ3v) is 4.09. The van der Waals surface area contributed by atoms with Gasteiger partial charge in [0.2, 0.25) is 5.91 Å². The molecule has 0 saturated carbocycles. The largest absolute Gasteiger partial charge is 0.383 e. The molecule has 1 heterocycles. The molecule has 1 amide bonds. The van der Waals surface area contributed by atoms with E-state index in [2.05, 4.69) is 57.4 Å². The molecule has 26 heavy (non-hydrogen) atoms. The zero-order chi connectivity index (χ0) is 19.3. The molecule has 2 aromatic rings. The number of carbonyl (C=O) groups is 1. The maximum Gasteiger partial charge on any atom is 0.239 e. The summed E-state index contributed by atoms with van der Waals surface area (Å²) in [5, 5.41) is 10.8. The molecule has 0 fully saturated rings. The van der Waals surface area contributed by atoms with Gasteiger partial charge in [-0.15, -0.1) is 0 Å². The van der Waals surface area contributed by atoms with E-state index in [9.17, 15) is 4.79 Å². The van der Waals surface area contributed by atoms with Crippen molar-refractivity contribution in [3.05, 3.63) is 41.1 Å². The van der Waals surface area contributed by atoms with Crippen LogP contribution in [0.15, 0.2) is 24.3 Å². The molecule has 142 valence electrons. The fourth-order valence-corrected chi connectivity index (χ4v) is 2.63. The molecule has 0 aliphatic rings. The Labute approximate surface area is 155 Å². The number of nitrogens with zero attached hydrogens (tertiary/aromatic N) is 2. The summed E-state index contributed by atoms with van der Waals surface area (Å²) in [7, 11) is 1.64. The molecule has 0 aliphatic heterocycles. The van der Waals surface area contributed by atoms with Crippen LogP contribution in [0, 0.1) is 13.8 Å². The van der Waals surface area contributed by atoms with Crippen LogP contribution in [0.2, 0.25) is 0 Å². The van der Waals surface area contributed by atoms with Gasteiger partial charge in [-0.25, -0.2) is 4.68 Å². The summed E-state index contributed by atoms with van der Waals surface area (Å²) in [6, 6.07) is 8.16. The number of aryl methyl sites for hydroxylation is 2. The van der Waals surface area contributed by atoms with Gasteiger partial charge in [0.15, 0.2) is 0 Å². The average molecular weight is 358 g/mol. The Hall–Kier alpha value is -2.18.